The van der Waals surface area contributed by atoms with Crippen LogP contribution in [0.1, 0.15) is 51.9 Å². The molecule has 3 heteroatoms. The molecule has 0 aromatic rings. The van der Waals surface area contributed by atoms with Gasteiger partial charge in [0.05, 0.1) is 11.7 Å². The number of allylic oxidation sites excluding steroid dienone is 4. The molecule has 2 fully saturated rings. The first-order valence-corrected chi connectivity index (χ1v) is 7.51. The van der Waals surface area contributed by atoms with E-state index in [0.29, 0.717) is 6.42 Å². The summed E-state index contributed by atoms with van der Waals surface area (Å²) in [5, 5.41) is 9.29. The summed E-state index contributed by atoms with van der Waals surface area (Å²) in [5.74, 6) is 0. The molecule has 0 unspecified atom stereocenters. The van der Waals surface area contributed by atoms with E-state index < -0.39 is 0 Å². The fraction of sp³-hybridized carbons (Fsp3) is 0.647. The fourth-order valence-corrected chi connectivity index (χ4v) is 3.76. The Morgan fingerprint density at radius 1 is 1.40 bits per heavy atom. The maximum atomic E-state index is 9.29. The molecule has 108 valence electrons. The van der Waals surface area contributed by atoms with E-state index in [4.69, 9.17) is 4.74 Å². The van der Waals surface area contributed by atoms with Crippen LogP contribution < -0.4 is 0 Å². The number of ether oxygens (including phenoxy) is 1. The lowest BCUT2D eigenvalue weighted by Gasteiger charge is -2.45. The Bertz CT molecular complexity index is 452. The number of hydrogen-bond acceptors (Lipinski definition) is 3. The molecule has 0 aromatic carbocycles. The highest BCUT2D eigenvalue weighted by Gasteiger charge is 2.48. The summed E-state index contributed by atoms with van der Waals surface area (Å²) in [5.41, 5.74) is 0.750. The molecule has 1 aliphatic heterocycles. The van der Waals surface area contributed by atoms with Gasteiger partial charge in [0.15, 0.2) is 0 Å². The minimum atomic E-state index is -0.182. The maximum Gasteiger partial charge on any atom is 0.0692 e. The van der Waals surface area contributed by atoms with Gasteiger partial charge in [-0.25, -0.2) is 0 Å². The molecule has 1 spiro atoms. The van der Waals surface area contributed by atoms with Crippen LogP contribution in [-0.4, -0.2) is 18.9 Å². The quantitative estimate of drug-likeness (QED) is 0.569. The predicted octanol–water partition coefficient (Wildman–Crippen LogP) is 4.17. The third-order valence-electron chi connectivity index (χ3n) is 4.74. The number of aliphatic imine (C=N–C) groups is 1. The second-order valence-corrected chi connectivity index (χ2v) is 6.02. The number of rotatable bonds is 4. The molecule has 3 nitrogen and oxygen atoms in total. The van der Waals surface area contributed by atoms with Crippen LogP contribution in [0.3, 0.4) is 0 Å². The van der Waals surface area contributed by atoms with Crippen LogP contribution in [0.25, 0.3) is 0 Å². The Hall–Kier alpha value is -1.40. The first kappa shape index (κ1) is 15.0. The van der Waals surface area contributed by atoms with Crippen molar-refractivity contribution in [3.05, 3.63) is 23.9 Å². The van der Waals surface area contributed by atoms with Crippen LogP contribution in [0.4, 0.5) is 0 Å². The van der Waals surface area contributed by atoms with Gasteiger partial charge < -0.3 is 4.74 Å². The molecular weight excluding hydrogens is 248 g/mol. The monoisotopic (exact) mass is 272 g/mol. The van der Waals surface area contributed by atoms with Gasteiger partial charge >= 0.3 is 0 Å². The van der Waals surface area contributed by atoms with E-state index in [1.54, 1.807) is 0 Å². The van der Waals surface area contributed by atoms with Gasteiger partial charge in [0.1, 0.15) is 0 Å². The average molecular weight is 272 g/mol. The minimum Gasteiger partial charge on any atom is -0.375 e. The van der Waals surface area contributed by atoms with E-state index in [0.717, 1.165) is 38.0 Å². The van der Waals surface area contributed by atoms with E-state index in [1.165, 1.54) is 12.8 Å². The molecule has 2 rings (SSSR count). The highest BCUT2D eigenvalue weighted by Crippen LogP contribution is 2.52. The molecule has 0 radical (unpaired) electrons. The molecule has 1 heterocycles. The van der Waals surface area contributed by atoms with Crippen LogP contribution in [0.2, 0.25) is 0 Å². The third-order valence-corrected chi connectivity index (χ3v) is 4.74. The van der Waals surface area contributed by atoms with Crippen molar-refractivity contribution in [1.29, 1.82) is 5.26 Å². The number of nitriles is 1. The van der Waals surface area contributed by atoms with E-state index in [2.05, 4.69) is 17.8 Å². The smallest absolute Gasteiger partial charge is 0.0692 e. The Kier molecular flexibility index (Phi) is 4.77. The predicted molar refractivity (Wildman–Crippen MR) is 81.5 cm³/mol. The van der Waals surface area contributed by atoms with Gasteiger partial charge in [0.25, 0.3) is 0 Å². The Balaban J connectivity index is 2.33. The van der Waals surface area contributed by atoms with Gasteiger partial charge in [0.2, 0.25) is 0 Å². The molecule has 0 amide bonds. The van der Waals surface area contributed by atoms with Gasteiger partial charge in [-0.3, -0.25) is 4.99 Å². The molecule has 0 bridgehead atoms. The summed E-state index contributed by atoms with van der Waals surface area (Å²) in [7, 11) is 0. The van der Waals surface area contributed by atoms with Crippen LogP contribution in [0.5, 0.6) is 0 Å². The second kappa shape index (κ2) is 6.37. The summed E-state index contributed by atoms with van der Waals surface area (Å²) in [6, 6.07) is 2.37. The van der Waals surface area contributed by atoms with E-state index in [9.17, 15) is 5.26 Å². The minimum absolute atomic E-state index is 0.0190. The van der Waals surface area contributed by atoms with Crippen molar-refractivity contribution >= 4 is 6.72 Å². The van der Waals surface area contributed by atoms with E-state index in [1.807, 2.05) is 25.2 Å². The second-order valence-electron chi connectivity index (χ2n) is 6.02. The highest BCUT2D eigenvalue weighted by atomic mass is 16.5. The summed E-state index contributed by atoms with van der Waals surface area (Å²) >= 11 is 0. The molecule has 1 saturated carbocycles. The average Bonchev–Trinajstić information content (AvgIpc) is 2.88. The maximum absolute atomic E-state index is 9.29. The van der Waals surface area contributed by atoms with Gasteiger partial charge in [-0.05, 0) is 45.4 Å². The molecule has 0 N–H and O–H groups in total. The first-order chi connectivity index (χ1) is 9.70. The molecule has 20 heavy (non-hydrogen) atoms. The van der Waals surface area contributed by atoms with Crippen molar-refractivity contribution in [1.82, 2.24) is 0 Å². The van der Waals surface area contributed by atoms with Crippen LogP contribution in [-0.2, 0) is 4.74 Å². The zero-order valence-corrected chi connectivity index (χ0v) is 12.4. The van der Waals surface area contributed by atoms with Crippen molar-refractivity contribution in [2.45, 2.75) is 57.5 Å². The van der Waals surface area contributed by atoms with Crippen molar-refractivity contribution < 1.29 is 4.74 Å². The van der Waals surface area contributed by atoms with Crippen molar-refractivity contribution in [2.75, 3.05) is 6.61 Å². The SMILES string of the molecule is C=N/C(=C\C=C/C)[C@]1(CC#N)CCOC2(CCCC2)C1. The normalized spacial score (nSPS) is 29.7. The largest absolute Gasteiger partial charge is 0.375 e. The summed E-state index contributed by atoms with van der Waals surface area (Å²) in [4.78, 5) is 4.25. The van der Waals surface area contributed by atoms with Crippen LogP contribution in [0, 0.1) is 16.7 Å². The third kappa shape index (κ3) is 2.86. The lowest BCUT2D eigenvalue weighted by molar-refractivity contribution is -0.112. The first-order valence-electron chi connectivity index (χ1n) is 7.51. The summed E-state index contributed by atoms with van der Waals surface area (Å²) in [6.07, 6.45) is 13.0. The zero-order chi connectivity index (χ0) is 14.5. The van der Waals surface area contributed by atoms with E-state index in [-0.39, 0.29) is 11.0 Å². The highest BCUT2D eigenvalue weighted by molar-refractivity contribution is 5.34. The molecule has 2 aliphatic rings. The molecule has 1 aliphatic carbocycles. The molecular formula is C17H24N2O. The Labute approximate surface area is 122 Å². The number of nitrogens with zero attached hydrogens (tertiary/aromatic N) is 2. The standard InChI is InChI=1S/C17H24N2O/c1-3-4-7-15(19-2)16(10-12-18)11-13-20-17(14-16)8-5-6-9-17/h3-4,7H,2,5-6,8-11,13-14H2,1H3/b4-3-,15-7-/t16-/m1/s1. The van der Waals surface area contributed by atoms with E-state index >= 15 is 0 Å². The molecule has 1 saturated heterocycles. The van der Waals surface area contributed by atoms with Crippen LogP contribution >= 0.6 is 0 Å². The van der Waals surface area contributed by atoms with Gasteiger partial charge in [0, 0.05) is 24.1 Å². The number of hydrogen-bond donors (Lipinski definition) is 0. The van der Waals surface area contributed by atoms with Gasteiger partial charge in [-0.15, -0.1) is 0 Å². The molecule has 1 atom stereocenters. The Morgan fingerprint density at radius 3 is 2.75 bits per heavy atom. The summed E-state index contributed by atoms with van der Waals surface area (Å²) < 4.78 is 6.11. The van der Waals surface area contributed by atoms with Gasteiger partial charge in [-0.2, -0.15) is 5.26 Å². The topological polar surface area (TPSA) is 45.4 Å². The summed E-state index contributed by atoms with van der Waals surface area (Å²) in [6.45, 7) is 6.44. The molecule has 0 aromatic heterocycles. The van der Waals surface area contributed by atoms with Crippen molar-refractivity contribution in [2.24, 2.45) is 10.4 Å². The Morgan fingerprint density at radius 2 is 2.15 bits per heavy atom. The van der Waals surface area contributed by atoms with Crippen molar-refractivity contribution in [3.63, 3.8) is 0 Å². The van der Waals surface area contributed by atoms with Crippen LogP contribution in [0.15, 0.2) is 28.9 Å². The lowest BCUT2D eigenvalue weighted by Crippen LogP contribution is -2.44. The van der Waals surface area contributed by atoms with Crippen molar-refractivity contribution in [3.8, 4) is 6.07 Å². The zero-order valence-electron chi connectivity index (χ0n) is 12.4. The fourth-order valence-electron chi connectivity index (χ4n) is 3.76. The van der Waals surface area contributed by atoms with Gasteiger partial charge in [-0.1, -0.05) is 25.0 Å². The lowest BCUT2D eigenvalue weighted by atomic mass is 9.68.